The number of carboxylic acids is 2. The zero-order valence-corrected chi connectivity index (χ0v) is 6.38. The van der Waals surface area contributed by atoms with E-state index in [1.54, 1.807) is 0 Å². The highest BCUT2D eigenvalue weighted by Gasteiger charge is 2.27. The third kappa shape index (κ3) is 3.63. The van der Waals surface area contributed by atoms with Gasteiger partial charge in [0.25, 0.3) is 0 Å². The Balaban J connectivity index is 4.15. The lowest BCUT2D eigenvalue weighted by atomic mass is 10.1. The van der Waals surface area contributed by atoms with E-state index in [1.165, 1.54) is 0 Å². The van der Waals surface area contributed by atoms with Gasteiger partial charge in [0, 0.05) is 6.42 Å². The molecule has 4 N–H and O–H groups in total. The highest BCUT2D eigenvalue weighted by molar-refractivity contribution is 6.02. The van der Waals surface area contributed by atoms with Gasteiger partial charge in [-0.2, -0.15) is 0 Å². The average Bonchev–Trinajstić information content (AvgIpc) is 2.02. The summed E-state index contributed by atoms with van der Waals surface area (Å²) in [4.78, 5) is 30.6. The van der Waals surface area contributed by atoms with Crippen molar-refractivity contribution in [3.63, 3.8) is 0 Å². The summed E-state index contributed by atoms with van der Waals surface area (Å²) in [5.41, 5.74) is 0. The number of hydrogen-bond donors (Lipinski definition) is 4. The molecule has 0 spiro atoms. The first kappa shape index (κ1) is 11.5. The summed E-state index contributed by atoms with van der Waals surface area (Å²) in [6.07, 6.45) is -5.20. The van der Waals surface area contributed by atoms with Crippen molar-refractivity contribution in [3.8, 4) is 0 Å². The van der Waals surface area contributed by atoms with Crippen LogP contribution >= 0.6 is 0 Å². The summed E-state index contributed by atoms with van der Waals surface area (Å²) in [6.45, 7) is 0. The van der Waals surface area contributed by atoms with Gasteiger partial charge in [-0.25, -0.2) is 9.59 Å². The largest absolute Gasteiger partial charge is 0.479 e. The van der Waals surface area contributed by atoms with Gasteiger partial charge in [-0.15, -0.1) is 0 Å². The highest BCUT2D eigenvalue weighted by atomic mass is 16.4. The van der Waals surface area contributed by atoms with Crippen LogP contribution in [0.1, 0.15) is 6.42 Å². The minimum atomic E-state index is -2.28. The molecule has 0 heterocycles. The van der Waals surface area contributed by atoms with E-state index in [0.29, 0.717) is 0 Å². The summed E-state index contributed by atoms with van der Waals surface area (Å²) in [6, 6.07) is 0. The minimum Gasteiger partial charge on any atom is -0.479 e. The molecule has 0 rings (SSSR count). The fraction of sp³-hybridized carbons (Fsp3) is 0.500. The fourth-order valence-electron chi connectivity index (χ4n) is 0.527. The van der Waals surface area contributed by atoms with E-state index in [-0.39, 0.29) is 0 Å². The molecule has 0 radical (unpaired) electrons. The second-order valence-electron chi connectivity index (χ2n) is 2.27. The maximum Gasteiger partial charge on any atom is 0.340 e. The van der Waals surface area contributed by atoms with Crippen molar-refractivity contribution in [1.82, 2.24) is 0 Å². The maximum absolute atomic E-state index is 10.6. The molecule has 0 aromatic rings. The Labute approximate surface area is 72.2 Å². The number of aliphatic hydroxyl groups is 2. The van der Waals surface area contributed by atoms with Gasteiger partial charge in [0.2, 0.25) is 6.10 Å². The monoisotopic (exact) mass is 192 g/mol. The van der Waals surface area contributed by atoms with Crippen LogP contribution in [0.4, 0.5) is 0 Å². The standard InChI is InChI=1S/C6H8O7/c7-2(4(9)6(12)13)1-3(8)5(10)11/h3-4,8-9H,1H2,(H,10,11)(H,12,13)/t3-,4+/m0/s1. The third-order valence-corrected chi connectivity index (χ3v) is 1.22. The normalized spacial score (nSPS) is 14.6. The third-order valence-electron chi connectivity index (χ3n) is 1.22. The first-order valence-electron chi connectivity index (χ1n) is 3.20. The quantitative estimate of drug-likeness (QED) is 0.364. The van der Waals surface area contributed by atoms with Crippen molar-refractivity contribution in [1.29, 1.82) is 0 Å². The van der Waals surface area contributed by atoms with E-state index < -0.39 is 36.4 Å². The van der Waals surface area contributed by atoms with E-state index >= 15 is 0 Å². The van der Waals surface area contributed by atoms with Crippen molar-refractivity contribution in [3.05, 3.63) is 0 Å². The first-order chi connectivity index (χ1) is 5.86. The molecule has 0 aliphatic rings. The van der Waals surface area contributed by atoms with Crippen LogP contribution in [0.25, 0.3) is 0 Å². The number of hydrogen-bond acceptors (Lipinski definition) is 5. The van der Waals surface area contributed by atoms with E-state index in [9.17, 15) is 14.4 Å². The summed E-state index contributed by atoms with van der Waals surface area (Å²) in [7, 11) is 0. The lowest BCUT2D eigenvalue weighted by molar-refractivity contribution is -0.156. The molecule has 74 valence electrons. The number of carboxylic acid groups (broad SMARTS) is 2. The molecular weight excluding hydrogens is 184 g/mol. The van der Waals surface area contributed by atoms with Crippen molar-refractivity contribution in [2.45, 2.75) is 18.6 Å². The molecule has 0 saturated carbocycles. The van der Waals surface area contributed by atoms with Gasteiger partial charge in [0.1, 0.15) is 0 Å². The topological polar surface area (TPSA) is 132 Å². The van der Waals surface area contributed by atoms with Gasteiger partial charge in [0.05, 0.1) is 0 Å². The molecule has 0 aromatic carbocycles. The summed E-state index contributed by atoms with van der Waals surface area (Å²) in [5.74, 6) is -4.67. The Morgan fingerprint density at radius 3 is 1.77 bits per heavy atom. The van der Waals surface area contributed by atoms with Gasteiger partial charge in [0.15, 0.2) is 11.9 Å². The van der Waals surface area contributed by atoms with Crippen molar-refractivity contribution >= 4 is 17.7 Å². The molecule has 13 heavy (non-hydrogen) atoms. The van der Waals surface area contributed by atoms with Gasteiger partial charge < -0.3 is 20.4 Å². The minimum absolute atomic E-state index is 0.928. The molecule has 7 heteroatoms. The molecular formula is C6H8O7. The number of rotatable bonds is 5. The summed E-state index contributed by atoms with van der Waals surface area (Å²) < 4.78 is 0. The maximum atomic E-state index is 10.6. The number of Topliss-reactive ketones (excluding diaryl/α,β-unsaturated/α-hetero) is 1. The van der Waals surface area contributed by atoms with E-state index in [0.717, 1.165) is 0 Å². The average molecular weight is 192 g/mol. The van der Waals surface area contributed by atoms with Crippen LogP contribution in [0.15, 0.2) is 0 Å². The molecule has 0 aliphatic heterocycles. The number of carbonyl (C=O) groups is 3. The van der Waals surface area contributed by atoms with Gasteiger partial charge >= 0.3 is 11.9 Å². The second-order valence-corrected chi connectivity index (χ2v) is 2.27. The van der Waals surface area contributed by atoms with Crippen LogP contribution in [0.5, 0.6) is 0 Å². The number of aliphatic hydroxyl groups excluding tert-OH is 2. The highest BCUT2D eigenvalue weighted by Crippen LogP contribution is 1.98. The van der Waals surface area contributed by atoms with Crippen LogP contribution in [0.2, 0.25) is 0 Å². The van der Waals surface area contributed by atoms with E-state index in [2.05, 4.69) is 0 Å². The van der Waals surface area contributed by atoms with Crippen molar-refractivity contribution < 1.29 is 34.8 Å². The van der Waals surface area contributed by atoms with Crippen molar-refractivity contribution in [2.24, 2.45) is 0 Å². The Bertz CT molecular complexity index is 233. The van der Waals surface area contributed by atoms with E-state index in [1.807, 2.05) is 0 Å². The molecule has 0 aromatic heterocycles. The van der Waals surface area contributed by atoms with Gasteiger partial charge in [-0.3, -0.25) is 4.79 Å². The lowest BCUT2D eigenvalue weighted by Gasteiger charge is -2.06. The molecule has 0 amide bonds. The van der Waals surface area contributed by atoms with Crippen LogP contribution in [-0.4, -0.2) is 50.4 Å². The molecule has 0 aliphatic carbocycles. The zero-order valence-electron chi connectivity index (χ0n) is 6.38. The smallest absolute Gasteiger partial charge is 0.340 e. The molecule has 0 fully saturated rings. The SMILES string of the molecule is O=C(O)[C@H](O)C(=O)C[C@H](O)C(=O)O. The first-order valence-corrected chi connectivity index (χ1v) is 3.20. The van der Waals surface area contributed by atoms with E-state index in [4.69, 9.17) is 20.4 Å². The fourth-order valence-corrected chi connectivity index (χ4v) is 0.527. The van der Waals surface area contributed by atoms with Crippen LogP contribution in [0.3, 0.4) is 0 Å². The van der Waals surface area contributed by atoms with Crippen LogP contribution < -0.4 is 0 Å². The summed E-state index contributed by atoms with van der Waals surface area (Å²) in [5, 5.41) is 33.4. The Morgan fingerprint density at radius 2 is 1.46 bits per heavy atom. The molecule has 7 nitrogen and oxygen atoms in total. The Hall–Kier alpha value is -1.47. The number of aliphatic carboxylic acids is 2. The van der Waals surface area contributed by atoms with Gasteiger partial charge in [-0.05, 0) is 0 Å². The van der Waals surface area contributed by atoms with Gasteiger partial charge in [-0.1, -0.05) is 0 Å². The van der Waals surface area contributed by atoms with Crippen LogP contribution in [-0.2, 0) is 14.4 Å². The second kappa shape index (κ2) is 4.53. The molecule has 0 unspecified atom stereocenters. The van der Waals surface area contributed by atoms with Crippen molar-refractivity contribution in [2.75, 3.05) is 0 Å². The lowest BCUT2D eigenvalue weighted by Crippen LogP contribution is -2.34. The number of ketones is 1. The number of carbonyl (C=O) groups excluding carboxylic acids is 1. The molecule has 0 saturated heterocycles. The zero-order chi connectivity index (χ0) is 10.6. The predicted molar refractivity (Wildman–Crippen MR) is 36.9 cm³/mol. The van der Waals surface area contributed by atoms with Crippen LogP contribution in [0, 0.1) is 0 Å². The molecule has 0 bridgehead atoms. The predicted octanol–water partition coefficient (Wildman–Crippen LogP) is -2.16. The Kier molecular flexibility index (Phi) is 4.02. The Morgan fingerprint density at radius 1 is 1.00 bits per heavy atom. The molecule has 2 atom stereocenters. The summed E-state index contributed by atoms with van der Waals surface area (Å²) >= 11 is 0.